The van der Waals surface area contributed by atoms with Crippen LogP contribution in [0.5, 0.6) is 0 Å². The second-order valence-corrected chi connectivity index (χ2v) is 10.9. The molecule has 0 heterocycles. The first-order chi connectivity index (χ1) is 20.1. The number of benzene rings is 6. The summed E-state index contributed by atoms with van der Waals surface area (Å²) in [6, 6.07) is 44.3. The van der Waals surface area contributed by atoms with E-state index >= 15 is 0 Å². The zero-order chi connectivity index (χ0) is 28.3. The Morgan fingerprint density at radius 2 is 0.902 bits per heavy atom. The summed E-state index contributed by atoms with van der Waals surface area (Å²) < 4.78 is 0. The molecule has 0 spiro atoms. The van der Waals surface area contributed by atoms with Gasteiger partial charge in [0.05, 0.1) is 0 Å². The first kappa shape index (κ1) is 26.6. The van der Waals surface area contributed by atoms with Crippen molar-refractivity contribution in [2.24, 2.45) is 0 Å². The molecule has 0 bridgehead atoms. The van der Waals surface area contributed by atoms with Crippen LogP contribution in [0, 0.1) is 13.8 Å². The summed E-state index contributed by atoms with van der Waals surface area (Å²) >= 11 is 0. The highest BCUT2D eigenvalue weighted by Gasteiger charge is 2.13. The van der Waals surface area contributed by atoms with Crippen molar-refractivity contribution in [3.63, 3.8) is 0 Å². The molecular formula is C40H37N. The number of hydrogen-bond acceptors (Lipinski definition) is 1. The summed E-state index contributed by atoms with van der Waals surface area (Å²) in [5.74, 6) is 0. The molecule has 1 nitrogen and oxygen atoms in total. The number of nitrogens with zero attached hydrogens (tertiary/aromatic N) is 1. The number of fused-ring (bicyclic) bond motifs is 2. The number of aryl methyl sites for hydroxylation is 2. The van der Waals surface area contributed by atoms with E-state index in [1.165, 1.54) is 54.2 Å². The maximum atomic E-state index is 2.36. The van der Waals surface area contributed by atoms with Crippen molar-refractivity contribution < 1.29 is 0 Å². The van der Waals surface area contributed by atoms with Crippen molar-refractivity contribution in [3.8, 4) is 0 Å². The number of anilines is 3. The van der Waals surface area contributed by atoms with E-state index in [1.54, 1.807) is 0 Å². The summed E-state index contributed by atoms with van der Waals surface area (Å²) in [5, 5.41) is 8.01. The molecule has 0 aromatic heterocycles. The second kappa shape index (κ2) is 11.5. The summed E-state index contributed by atoms with van der Waals surface area (Å²) in [4.78, 5) is 2.33. The lowest BCUT2D eigenvalue weighted by Crippen LogP contribution is -2.17. The largest absolute Gasteiger partial charge is 0.311 e. The fourth-order valence-electron chi connectivity index (χ4n) is 6.02. The van der Waals surface area contributed by atoms with Gasteiger partial charge in [-0.2, -0.15) is 0 Å². The SMILES string of the molecule is CCC(CC)=c1c2ccccc2c(=Cc2ccc(N(c3ccc(C)cc3)c3ccc(C)cc3)cc2)c2ccccc12. The quantitative estimate of drug-likeness (QED) is 0.193. The molecule has 0 unspecified atom stereocenters. The average molecular weight is 532 g/mol. The molecule has 0 atom stereocenters. The van der Waals surface area contributed by atoms with Crippen LogP contribution in [0.4, 0.5) is 17.1 Å². The van der Waals surface area contributed by atoms with Crippen LogP contribution in [0.25, 0.3) is 33.2 Å². The molecule has 0 saturated heterocycles. The summed E-state index contributed by atoms with van der Waals surface area (Å²) in [7, 11) is 0. The van der Waals surface area contributed by atoms with E-state index in [1.807, 2.05) is 0 Å². The topological polar surface area (TPSA) is 3.24 Å². The zero-order valence-electron chi connectivity index (χ0n) is 24.5. The highest BCUT2D eigenvalue weighted by Crippen LogP contribution is 2.35. The molecule has 1 heteroatoms. The second-order valence-electron chi connectivity index (χ2n) is 10.9. The minimum absolute atomic E-state index is 1.06. The van der Waals surface area contributed by atoms with Gasteiger partial charge in [0.25, 0.3) is 0 Å². The average Bonchev–Trinajstić information content (AvgIpc) is 3.01. The molecule has 6 aromatic rings. The van der Waals surface area contributed by atoms with E-state index in [2.05, 4.69) is 160 Å². The summed E-state index contributed by atoms with van der Waals surface area (Å²) in [6.45, 7) is 8.82. The predicted octanol–water partition coefficient (Wildman–Crippen LogP) is 9.88. The van der Waals surface area contributed by atoms with Crippen LogP contribution in [0.1, 0.15) is 43.4 Å². The van der Waals surface area contributed by atoms with Gasteiger partial charge in [0.15, 0.2) is 0 Å². The van der Waals surface area contributed by atoms with Crippen LogP contribution in [-0.4, -0.2) is 0 Å². The van der Waals surface area contributed by atoms with Gasteiger partial charge in [-0.25, -0.2) is 0 Å². The maximum absolute atomic E-state index is 2.36. The molecule has 0 aliphatic carbocycles. The first-order valence-electron chi connectivity index (χ1n) is 14.7. The molecule has 6 rings (SSSR count). The Morgan fingerprint density at radius 1 is 0.512 bits per heavy atom. The third-order valence-electron chi connectivity index (χ3n) is 8.23. The Bertz CT molecular complexity index is 1830. The van der Waals surface area contributed by atoms with Gasteiger partial charge in [0.2, 0.25) is 0 Å². The third kappa shape index (κ3) is 5.16. The van der Waals surface area contributed by atoms with Gasteiger partial charge in [-0.15, -0.1) is 0 Å². The lowest BCUT2D eigenvalue weighted by Gasteiger charge is -2.26. The highest BCUT2D eigenvalue weighted by molar-refractivity contribution is 6.02. The smallest absolute Gasteiger partial charge is 0.0462 e. The molecule has 0 amide bonds. The van der Waals surface area contributed by atoms with Crippen LogP contribution in [-0.2, 0) is 0 Å². The van der Waals surface area contributed by atoms with Gasteiger partial charge in [-0.05, 0) is 107 Å². The molecule has 0 aliphatic heterocycles. The molecule has 6 aromatic carbocycles. The van der Waals surface area contributed by atoms with E-state index in [4.69, 9.17) is 0 Å². The molecule has 202 valence electrons. The van der Waals surface area contributed by atoms with Gasteiger partial charge in [0.1, 0.15) is 0 Å². The van der Waals surface area contributed by atoms with E-state index < -0.39 is 0 Å². The lowest BCUT2D eigenvalue weighted by molar-refractivity contribution is 1.10. The van der Waals surface area contributed by atoms with Crippen LogP contribution < -0.4 is 15.3 Å². The Morgan fingerprint density at radius 3 is 1.32 bits per heavy atom. The monoisotopic (exact) mass is 531 g/mol. The standard InChI is InChI=1S/C40H37N/c1-5-31(6-2)40-37-13-9-7-11-35(37)39(36-12-8-10-14-38(36)40)27-30-19-25-34(26-20-30)41(32-21-15-28(3)16-22-32)33-23-17-29(4)18-24-33/h7-27H,5-6H2,1-4H3. The van der Waals surface area contributed by atoms with Gasteiger partial charge >= 0.3 is 0 Å². The van der Waals surface area contributed by atoms with Crippen molar-refractivity contribution in [1.82, 2.24) is 0 Å². The van der Waals surface area contributed by atoms with Gasteiger partial charge in [0, 0.05) is 17.1 Å². The minimum atomic E-state index is 1.06. The van der Waals surface area contributed by atoms with E-state index in [-0.39, 0.29) is 0 Å². The van der Waals surface area contributed by atoms with Crippen molar-refractivity contribution >= 4 is 50.3 Å². The number of hydrogen-bond donors (Lipinski definition) is 0. The van der Waals surface area contributed by atoms with Crippen LogP contribution in [0.15, 0.2) is 121 Å². The van der Waals surface area contributed by atoms with Crippen molar-refractivity contribution in [3.05, 3.63) is 148 Å². The number of rotatable bonds is 6. The Kier molecular flexibility index (Phi) is 7.44. The summed E-state index contributed by atoms with van der Waals surface area (Å²) in [5.41, 5.74) is 8.68. The first-order valence-corrected chi connectivity index (χ1v) is 14.7. The minimum Gasteiger partial charge on any atom is -0.311 e. The molecule has 0 N–H and O–H groups in total. The normalized spacial score (nSPS) is 11.1. The fraction of sp³-hybridized carbons (Fsp3) is 0.150. The van der Waals surface area contributed by atoms with Crippen LogP contribution >= 0.6 is 0 Å². The van der Waals surface area contributed by atoms with Crippen LogP contribution in [0.2, 0.25) is 0 Å². The van der Waals surface area contributed by atoms with Gasteiger partial charge in [-0.1, -0.05) is 115 Å². The van der Waals surface area contributed by atoms with E-state index in [9.17, 15) is 0 Å². The molecule has 0 fully saturated rings. The fourth-order valence-corrected chi connectivity index (χ4v) is 6.02. The molecule has 0 saturated carbocycles. The van der Waals surface area contributed by atoms with Crippen molar-refractivity contribution in [2.75, 3.05) is 4.90 Å². The van der Waals surface area contributed by atoms with Gasteiger partial charge in [-0.3, -0.25) is 0 Å². The molecule has 41 heavy (non-hydrogen) atoms. The van der Waals surface area contributed by atoms with Crippen molar-refractivity contribution in [1.29, 1.82) is 0 Å². The highest BCUT2D eigenvalue weighted by atomic mass is 15.1. The summed E-state index contributed by atoms with van der Waals surface area (Å²) in [6.07, 6.45) is 4.48. The Balaban J connectivity index is 1.53. The molecular weight excluding hydrogens is 494 g/mol. The predicted molar refractivity (Wildman–Crippen MR) is 179 cm³/mol. The van der Waals surface area contributed by atoms with Gasteiger partial charge < -0.3 is 4.90 Å². The molecule has 0 aliphatic rings. The third-order valence-corrected chi connectivity index (χ3v) is 8.23. The van der Waals surface area contributed by atoms with E-state index in [0.717, 1.165) is 29.9 Å². The lowest BCUT2D eigenvalue weighted by atomic mass is 9.93. The van der Waals surface area contributed by atoms with Crippen molar-refractivity contribution in [2.45, 2.75) is 40.5 Å². The van der Waals surface area contributed by atoms with E-state index in [0.29, 0.717) is 0 Å². The molecule has 0 radical (unpaired) electrons. The Labute approximate surface area is 243 Å². The zero-order valence-corrected chi connectivity index (χ0v) is 24.5. The maximum Gasteiger partial charge on any atom is 0.0462 e. The van der Waals surface area contributed by atoms with Crippen LogP contribution in [0.3, 0.4) is 0 Å². The Hall–Kier alpha value is -4.62.